The first kappa shape index (κ1) is 14.8. The van der Waals surface area contributed by atoms with Gasteiger partial charge >= 0.3 is 0 Å². The Morgan fingerprint density at radius 1 is 1.50 bits per heavy atom. The highest BCUT2D eigenvalue weighted by atomic mass is 16.3. The van der Waals surface area contributed by atoms with Crippen LogP contribution in [0.1, 0.15) is 24.8 Å². The number of aromatic nitrogens is 1. The Labute approximate surface area is 118 Å². The van der Waals surface area contributed by atoms with Gasteiger partial charge in [-0.1, -0.05) is 12.5 Å². The molecule has 1 aromatic rings. The summed E-state index contributed by atoms with van der Waals surface area (Å²) in [6, 6.07) is 3.51. The number of aryl methyl sites for hydroxylation is 1. The second-order valence-electron chi connectivity index (χ2n) is 5.66. The Morgan fingerprint density at radius 3 is 2.90 bits per heavy atom. The maximum Gasteiger partial charge on any atom is 0.253 e. The van der Waals surface area contributed by atoms with Crippen LogP contribution in [-0.4, -0.2) is 40.2 Å². The van der Waals surface area contributed by atoms with Crippen molar-refractivity contribution in [3.63, 3.8) is 0 Å². The van der Waals surface area contributed by atoms with E-state index in [1.165, 1.54) is 4.57 Å². The van der Waals surface area contributed by atoms with Gasteiger partial charge in [-0.3, -0.25) is 9.59 Å². The van der Waals surface area contributed by atoms with Crippen LogP contribution in [-0.2, 0) is 11.3 Å². The number of likely N-dealkylation sites (N-methyl/N-ethyl adjacent to an activating group) is 1. The molecule has 1 aromatic heterocycles. The average molecular weight is 278 g/mol. The van der Waals surface area contributed by atoms with Crippen molar-refractivity contribution < 1.29 is 9.90 Å². The van der Waals surface area contributed by atoms with Gasteiger partial charge in [-0.25, -0.2) is 0 Å². The fraction of sp³-hybridized carbons (Fsp3) is 0.600. The highest BCUT2D eigenvalue weighted by molar-refractivity contribution is 5.75. The van der Waals surface area contributed by atoms with Gasteiger partial charge in [0.05, 0.1) is 6.10 Å². The van der Waals surface area contributed by atoms with Gasteiger partial charge in [0.2, 0.25) is 5.91 Å². The van der Waals surface area contributed by atoms with Crippen LogP contribution in [0.15, 0.2) is 23.1 Å². The summed E-state index contributed by atoms with van der Waals surface area (Å²) in [5.41, 5.74) is 0.504. The Bertz CT molecular complexity index is 538. The molecule has 1 fully saturated rings. The molecule has 0 spiro atoms. The zero-order valence-corrected chi connectivity index (χ0v) is 12.1. The molecule has 20 heavy (non-hydrogen) atoms. The molecule has 0 saturated heterocycles. The van der Waals surface area contributed by atoms with E-state index in [1.54, 1.807) is 37.2 Å². The quantitative estimate of drug-likeness (QED) is 0.885. The number of nitrogens with zero attached hydrogens (tertiary/aromatic N) is 2. The Kier molecular flexibility index (Phi) is 4.60. The summed E-state index contributed by atoms with van der Waals surface area (Å²) in [7, 11) is 1.73. The molecule has 2 rings (SSSR count). The summed E-state index contributed by atoms with van der Waals surface area (Å²) >= 11 is 0. The van der Waals surface area contributed by atoms with Crippen LogP contribution < -0.4 is 5.56 Å². The number of aliphatic hydroxyl groups excluding tert-OH is 1. The van der Waals surface area contributed by atoms with Gasteiger partial charge in [-0.2, -0.15) is 0 Å². The van der Waals surface area contributed by atoms with Crippen molar-refractivity contribution >= 4 is 5.91 Å². The minimum absolute atomic E-state index is 0.0554. The van der Waals surface area contributed by atoms with E-state index in [9.17, 15) is 14.7 Å². The molecular formula is C15H22N2O3. The first-order valence-electron chi connectivity index (χ1n) is 7.07. The molecule has 0 aromatic carbocycles. The van der Waals surface area contributed by atoms with Crippen LogP contribution in [0, 0.1) is 12.8 Å². The number of hydrogen-bond acceptors (Lipinski definition) is 3. The van der Waals surface area contributed by atoms with Crippen LogP contribution in [0.25, 0.3) is 0 Å². The van der Waals surface area contributed by atoms with Crippen molar-refractivity contribution in [2.75, 3.05) is 13.6 Å². The lowest BCUT2D eigenvalue weighted by molar-refractivity contribution is -0.131. The number of hydrogen-bond donors (Lipinski definition) is 1. The van der Waals surface area contributed by atoms with Gasteiger partial charge in [0.25, 0.3) is 5.56 Å². The summed E-state index contributed by atoms with van der Waals surface area (Å²) < 4.78 is 1.43. The first-order valence-corrected chi connectivity index (χ1v) is 7.07. The molecule has 5 heteroatoms. The Balaban J connectivity index is 1.97. The monoisotopic (exact) mass is 278 g/mol. The van der Waals surface area contributed by atoms with E-state index in [0.717, 1.165) is 19.3 Å². The molecular weight excluding hydrogens is 256 g/mol. The van der Waals surface area contributed by atoms with Gasteiger partial charge in [-0.15, -0.1) is 0 Å². The predicted molar refractivity (Wildman–Crippen MR) is 76.4 cm³/mol. The second-order valence-corrected chi connectivity index (χ2v) is 5.66. The predicted octanol–water partition coefficient (Wildman–Crippen LogP) is 0.776. The molecule has 0 aliphatic heterocycles. The summed E-state index contributed by atoms with van der Waals surface area (Å²) in [6.45, 7) is 2.35. The third-order valence-electron chi connectivity index (χ3n) is 4.07. The second kappa shape index (κ2) is 6.22. The average Bonchev–Trinajstić information content (AvgIpc) is 2.80. The third kappa shape index (κ3) is 3.28. The minimum Gasteiger partial charge on any atom is -0.393 e. The summed E-state index contributed by atoms with van der Waals surface area (Å²) in [4.78, 5) is 25.6. The number of pyridine rings is 1. The van der Waals surface area contributed by atoms with Gasteiger partial charge in [0.1, 0.15) is 6.54 Å². The number of aliphatic hydroxyl groups is 1. The maximum atomic E-state index is 12.2. The Morgan fingerprint density at radius 2 is 2.25 bits per heavy atom. The van der Waals surface area contributed by atoms with Crippen LogP contribution in [0.4, 0.5) is 0 Å². The molecule has 1 heterocycles. The normalized spacial score (nSPS) is 21.9. The SMILES string of the molecule is Cc1cccn(CC(=O)N(C)CC2CCCC2O)c1=O. The lowest BCUT2D eigenvalue weighted by atomic mass is 10.1. The van der Waals surface area contributed by atoms with Crippen molar-refractivity contribution in [2.45, 2.75) is 38.8 Å². The summed E-state index contributed by atoms with van der Waals surface area (Å²) in [6.07, 6.45) is 4.14. The van der Waals surface area contributed by atoms with Gasteiger partial charge in [-0.05, 0) is 25.8 Å². The molecule has 0 radical (unpaired) electrons. The summed E-state index contributed by atoms with van der Waals surface area (Å²) in [5, 5.41) is 9.80. The highest BCUT2D eigenvalue weighted by Crippen LogP contribution is 2.25. The molecule has 2 atom stereocenters. The van der Waals surface area contributed by atoms with Crippen molar-refractivity contribution in [3.05, 3.63) is 34.2 Å². The van der Waals surface area contributed by atoms with Crippen LogP contribution >= 0.6 is 0 Å². The fourth-order valence-corrected chi connectivity index (χ4v) is 2.73. The maximum absolute atomic E-state index is 12.2. The fourth-order valence-electron chi connectivity index (χ4n) is 2.73. The zero-order chi connectivity index (χ0) is 14.7. The lowest BCUT2D eigenvalue weighted by Gasteiger charge is -2.23. The molecule has 1 amide bonds. The van der Waals surface area contributed by atoms with Crippen molar-refractivity contribution in [1.29, 1.82) is 0 Å². The highest BCUT2D eigenvalue weighted by Gasteiger charge is 2.27. The van der Waals surface area contributed by atoms with Crippen molar-refractivity contribution in [3.8, 4) is 0 Å². The van der Waals surface area contributed by atoms with Crippen LogP contribution in [0.2, 0.25) is 0 Å². The molecule has 2 unspecified atom stereocenters. The topological polar surface area (TPSA) is 62.5 Å². The number of carbonyl (C=O) groups excluding carboxylic acids is 1. The third-order valence-corrected chi connectivity index (χ3v) is 4.07. The number of rotatable bonds is 4. The van der Waals surface area contributed by atoms with Gasteiger partial charge < -0.3 is 14.6 Å². The molecule has 5 nitrogen and oxygen atoms in total. The van der Waals surface area contributed by atoms with Gasteiger partial charge in [0.15, 0.2) is 0 Å². The first-order chi connectivity index (χ1) is 9.49. The van der Waals surface area contributed by atoms with E-state index in [2.05, 4.69) is 0 Å². The van der Waals surface area contributed by atoms with E-state index >= 15 is 0 Å². The Hall–Kier alpha value is -1.62. The standard InChI is InChI=1S/C15H22N2O3/c1-11-5-4-8-17(15(11)20)10-14(19)16(2)9-12-6-3-7-13(12)18/h4-5,8,12-13,18H,3,6-7,9-10H2,1-2H3. The van der Waals surface area contributed by atoms with Crippen molar-refractivity contribution in [1.82, 2.24) is 9.47 Å². The molecule has 1 saturated carbocycles. The van der Waals surface area contributed by atoms with E-state index in [4.69, 9.17) is 0 Å². The summed E-state index contributed by atoms with van der Waals surface area (Å²) in [5.74, 6) is 0.0648. The van der Waals surface area contributed by atoms with Gasteiger partial charge in [0, 0.05) is 31.3 Å². The van der Waals surface area contributed by atoms with Crippen molar-refractivity contribution in [2.24, 2.45) is 5.92 Å². The molecule has 110 valence electrons. The number of amides is 1. The zero-order valence-electron chi connectivity index (χ0n) is 12.1. The van der Waals surface area contributed by atoms with E-state index < -0.39 is 0 Å². The molecule has 0 bridgehead atoms. The van der Waals surface area contributed by atoms with E-state index in [1.807, 2.05) is 0 Å². The van der Waals surface area contributed by atoms with Crippen LogP contribution in [0.5, 0.6) is 0 Å². The van der Waals surface area contributed by atoms with Crippen LogP contribution in [0.3, 0.4) is 0 Å². The molecule has 1 aliphatic carbocycles. The largest absolute Gasteiger partial charge is 0.393 e. The smallest absolute Gasteiger partial charge is 0.253 e. The number of carbonyl (C=O) groups is 1. The molecule has 1 N–H and O–H groups in total. The van der Waals surface area contributed by atoms with E-state index in [-0.39, 0.29) is 30.0 Å². The lowest BCUT2D eigenvalue weighted by Crippen LogP contribution is -2.38. The van der Waals surface area contributed by atoms with E-state index in [0.29, 0.717) is 12.1 Å². The minimum atomic E-state index is -0.299. The molecule has 1 aliphatic rings.